The molecule has 0 fully saturated rings. The molecular formula is C22H25NO. The molecule has 0 unspecified atom stereocenters. The Kier molecular flexibility index (Phi) is 5.86. The predicted octanol–water partition coefficient (Wildman–Crippen LogP) is 5.35. The Balaban J connectivity index is 1.58. The van der Waals surface area contributed by atoms with Crippen molar-refractivity contribution in [1.29, 1.82) is 0 Å². The van der Waals surface area contributed by atoms with E-state index in [1.165, 1.54) is 11.1 Å². The van der Waals surface area contributed by atoms with Gasteiger partial charge in [-0.15, -0.1) is 0 Å². The zero-order chi connectivity index (χ0) is 16.6. The quantitative estimate of drug-likeness (QED) is 0.605. The Labute approximate surface area is 144 Å². The van der Waals surface area contributed by atoms with Gasteiger partial charge < -0.3 is 9.73 Å². The van der Waals surface area contributed by atoms with Gasteiger partial charge in [-0.3, -0.25) is 0 Å². The highest BCUT2D eigenvalue weighted by atomic mass is 16.3. The van der Waals surface area contributed by atoms with E-state index in [0.717, 1.165) is 25.1 Å². The lowest BCUT2D eigenvalue weighted by molar-refractivity contribution is 0.428. The molecule has 0 aliphatic rings. The average Bonchev–Trinajstić information content (AvgIpc) is 3.17. The number of benzene rings is 2. The minimum Gasteiger partial charge on any atom is -0.469 e. The van der Waals surface area contributed by atoms with Gasteiger partial charge in [-0.1, -0.05) is 60.7 Å². The molecule has 2 nitrogen and oxygen atoms in total. The second-order valence-electron chi connectivity index (χ2n) is 6.28. The monoisotopic (exact) mass is 319 g/mol. The average molecular weight is 319 g/mol. The molecule has 2 aromatic carbocycles. The van der Waals surface area contributed by atoms with Crippen molar-refractivity contribution in [3.63, 3.8) is 0 Å². The normalized spacial score (nSPS) is 13.5. The van der Waals surface area contributed by atoms with Crippen molar-refractivity contribution in [2.24, 2.45) is 0 Å². The zero-order valence-electron chi connectivity index (χ0n) is 14.2. The van der Waals surface area contributed by atoms with Crippen LogP contribution in [0.3, 0.4) is 0 Å². The maximum atomic E-state index is 5.68. The molecule has 1 N–H and O–H groups in total. The molecule has 3 rings (SSSR count). The number of nitrogens with one attached hydrogen (secondary N) is 1. The van der Waals surface area contributed by atoms with Crippen molar-refractivity contribution in [2.75, 3.05) is 6.54 Å². The largest absolute Gasteiger partial charge is 0.469 e. The van der Waals surface area contributed by atoms with Gasteiger partial charge in [0.05, 0.1) is 6.26 Å². The third kappa shape index (κ3) is 4.59. The van der Waals surface area contributed by atoms with Gasteiger partial charge >= 0.3 is 0 Å². The third-order valence-corrected chi connectivity index (χ3v) is 4.51. The van der Waals surface area contributed by atoms with Crippen LogP contribution >= 0.6 is 0 Å². The van der Waals surface area contributed by atoms with Gasteiger partial charge in [0.25, 0.3) is 0 Å². The van der Waals surface area contributed by atoms with Crippen LogP contribution in [0, 0.1) is 0 Å². The second-order valence-corrected chi connectivity index (χ2v) is 6.28. The Morgan fingerprint density at radius 3 is 2.25 bits per heavy atom. The van der Waals surface area contributed by atoms with E-state index in [9.17, 15) is 0 Å². The summed E-state index contributed by atoms with van der Waals surface area (Å²) in [5.41, 5.74) is 2.69. The fraction of sp³-hybridized carbons (Fsp3) is 0.273. The van der Waals surface area contributed by atoms with Crippen LogP contribution < -0.4 is 5.32 Å². The van der Waals surface area contributed by atoms with Crippen LogP contribution in [0.5, 0.6) is 0 Å². The van der Waals surface area contributed by atoms with E-state index in [-0.39, 0.29) is 0 Å². The van der Waals surface area contributed by atoms with E-state index >= 15 is 0 Å². The van der Waals surface area contributed by atoms with Crippen LogP contribution in [0.4, 0.5) is 0 Å². The van der Waals surface area contributed by atoms with Crippen LogP contribution in [-0.2, 0) is 6.42 Å². The second kappa shape index (κ2) is 8.51. The molecule has 124 valence electrons. The summed E-state index contributed by atoms with van der Waals surface area (Å²) in [5, 5.41) is 3.64. The molecule has 0 saturated heterocycles. The molecular weight excluding hydrogens is 294 g/mol. The van der Waals surface area contributed by atoms with Crippen molar-refractivity contribution in [3.05, 3.63) is 95.9 Å². The summed E-state index contributed by atoms with van der Waals surface area (Å²) in [4.78, 5) is 0. The number of rotatable bonds is 8. The molecule has 2 heteroatoms. The van der Waals surface area contributed by atoms with Gasteiger partial charge in [-0.25, -0.2) is 0 Å². The molecule has 1 heterocycles. The van der Waals surface area contributed by atoms with Crippen LogP contribution in [0.15, 0.2) is 83.5 Å². The zero-order valence-corrected chi connectivity index (χ0v) is 14.2. The molecule has 0 radical (unpaired) electrons. The standard InChI is InChI=1S/C22H25NO/c1-18(20-11-6-3-7-12-20)23-15-14-21(22-13-8-16-24-22)17-19-9-4-2-5-10-19/h2-13,16,18,21,23H,14-15,17H2,1H3/t18-,21-/m0/s1. The summed E-state index contributed by atoms with van der Waals surface area (Å²) in [7, 11) is 0. The van der Waals surface area contributed by atoms with E-state index in [0.29, 0.717) is 12.0 Å². The number of furan rings is 1. The van der Waals surface area contributed by atoms with E-state index in [4.69, 9.17) is 4.42 Å². The molecule has 0 aliphatic carbocycles. The first-order valence-electron chi connectivity index (χ1n) is 8.68. The molecule has 0 saturated carbocycles. The highest BCUT2D eigenvalue weighted by molar-refractivity contribution is 5.20. The van der Waals surface area contributed by atoms with Crippen LogP contribution in [-0.4, -0.2) is 6.54 Å². The summed E-state index contributed by atoms with van der Waals surface area (Å²) < 4.78 is 5.68. The van der Waals surface area contributed by atoms with E-state index in [2.05, 4.69) is 79.0 Å². The first-order valence-corrected chi connectivity index (χ1v) is 8.68. The number of hydrogen-bond donors (Lipinski definition) is 1. The summed E-state index contributed by atoms with van der Waals surface area (Å²) >= 11 is 0. The van der Waals surface area contributed by atoms with Crippen LogP contribution in [0.25, 0.3) is 0 Å². The van der Waals surface area contributed by atoms with Gasteiger partial charge in [0.2, 0.25) is 0 Å². The van der Waals surface area contributed by atoms with Gasteiger partial charge in [0.1, 0.15) is 5.76 Å². The minimum absolute atomic E-state index is 0.361. The first kappa shape index (κ1) is 16.5. The van der Waals surface area contributed by atoms with Gasteiger partial charge in [-0.05, 0) is 49.6 Å². The van der Waals surface area contributed by atoms with Crippen molar-refractivity contribution < 1.29 is 4.42 Å². The fourth-order valence-corrected chi connectivity index (χ4v) is 3.10. The molecule has 0 aliphatic heterocycles. The highest BCUT2D eigenvalue weighted by Crippen LogP contribution is 2.25. The third-order valence-electron chi connectivity index (χ3n) is 4.51. The molecule has 1 aromatic heterocycles. The Hall–Kier alpha value is -2.32. The van der Waals surface area contributed by atoms with Gasteiger partial charge in [0, 0.05) is 12.0 Å². The summed E-state index contributed by atoms with van der Waals surface area (Å²) in [5.74, 6) is 1.48. The van der Waals surface area contributed by atoms with Crippen molar-refractivity contribution in [3.8, 4) is 0 Å². The smallest absolute Gasteiger partial charge is 0.107 e. The van der Waals surface area contributed by atoms with E-state index < -0.39 is 0 Å². The predicted molar refractivity (Wildman–Crippen MR) is 99.1 cm³/mol. The summed E-state index contributed by atoms with van der Waals surface area (Å²) in [6.07, 6.45) is 3.84. The summed E-state index contributed by atoms with van der Waals surface area (Å²) in [6.45, 7) is 3.18. The van der Waals surface area contributed by atoms with Crippen LogP contribution in [0.2, 0.25) is 0 Å². The topological polar surface area (TPSA) is 25.2 Å². The molecule has 24 heavy (non-hydrogen) atoms. The maximum Gasteiger partial charge on any atom is 0.107 e. The lowest BCUT2D eigenvalue weighted by atomic mass is 9.93. The fourth-order valence-electron chi connectivity index (χ4n) is 3.10. The molecule has 0 amide bonds. The Morgan fingerprint density at radius 2 is 1.58 bits per heavy atom. The van der Waals surface area contributed by atoms with E-state index in [1.54, 1.807) is 6.26 Å². The first-order chi connectivity index (χ1) is 11.8. The van der Waals surface area contributed by atoms with Crippen molar-refractivity contribution >= 4 is 0 Å². The lowest BCUT2D eigenvalue weighted by Gasteiger charge is -2.18. The van der Waals surface area contributed by atoms with Crippen molar-refractivity contribution in [1.82, 2.24) is 5.32 Å². The lowest BCUT2D eigenvalue weighted by Crippen LogP contribution is -2.22. The Morgan fingerprint density at radius 1 is 0.875 bits per heavy atom. The van der Waals surface area contributed by atoms with Crippen LogP contribution in [0.1, 0.15) is 42.2 Å². The molecule has 2 atom stereocenters. The minimum atomic E-state index is 0.361. The van der Waals surface area contributed by atoms with E-state index in [1.807, 2.05) is 6.07 Å². The van der Waals surface area contributed by atoms with Crippen molar-refractivity contribution in [2.45, 2.75) is 31.7 Å². The maximum absolute atomic E-state index is 5.68. The SMILES string of the molecule is C[C@H](NCC[C@@H](Cc1ccccc1)c1ccco1)c1ccccc1. The molecule has 0 spiro atoms. The molecule has 0 bridgehead atoms. The number of hydrogen-bond acceptors (Lipinski definition) is 2. The molecule has 3 aromatic rings. The highest BCUT2D eigenvalue weighted by Gasteiger charge is 2.15. The Bertz CT molecular complexity index is 691. The summed E-state index contributed by atoms with van der Waals surface area (Å²) in [6, 6.07) is 25.7. The van der Waals surface area contributed by atoms with Gasteiger partial charge in [-0.2, -0.15) is 0 Å². The van der Waals surface area contributed by atoms with Gasteiger partial charge in [0.15, 0.2) is 0 Å².